The third-order valence-corrected chi connectivity index (χ3v) is 6.51. The lowest BCUT2D eigenvalue weighted by atomic mass is 10.1. The lowest BCUT2D eigenvalue weighted by Crippen LogP contribution is -1.90. The van der Waals surface area contributed by atoms with Crippen molar-refractivity contribution in [1.82, 2.24) is 0 Å². The molecule has 2 aromatic heterocycles. The number of hydrogen-bond acceptors (Lipinski definition) is 2. The molecule has 0 amide bonds. The summed E-state index contributed by atoms with van der Waals surface area (Å²) in [5.41, 5.74) is 1.45. The third kappa shape index (κ3) is 2.54. The van der Waals surface area contributed by atoms with Crippen LogP contribution in [0.5, 0.6) is 0 Å². The van der Waals surface area contributed by atoms with Crippen LogP contribution in [0, 0.1) is 0 Å². The van der Waals surface area contributed by atoms with Crippen molar-refractivity contribution in [2.24, 2.45) is 0 Å². The van der Waals surface area contributed by atoms with E-state index in [0.29, 0.717) is 4.83 Å². The molecule has 0 aliphatic carbocycles. The van der Waals surface area contributed by atoms with Gasteiger partial charge in [-0.3, -0.25) is 0 Å². The first-order valence-corrected chi connectivity index (χ1v) is 8.08. The molecule has 15 heavy (non-hydrogen) atoms. The second kappa shape index (κ2) is 5.13. The minimum Gasteiger partial charge on any atom is -0.147 e. The van der Waals surface area contributed by atoms with E-state index in [1.165, 1.54) is 19.1 Å². The summed E-state index contributed by atoms with van der Waals surface area (Å²) in [6, 6.07) is 6.50. The molecule has 0 saturated carbocycles. The monoisotopic (exact) mass is 364 g/mol. The summed E-state index contributed by atoms with van der Waals surface area (Å²) in [6.07, 6.45) is 1.10. The highest BCUT2D eigenvalue weighted by molar-refractivity contribution is 9.11. The molecule has 0 saturated heterocycles. The van der Waals surface area contributed by atoms with Gasteiger partial charge in [-0.1, -0.05) is 22.9 Å². The van der Waals surface area contributed by atoms with Crippen LogP contribution in [-0.4, -0.2) is 0 Å². The molecular weight excluding hydrogens is 356 g/mol. The van der Waals surface area contributed by atoms with Gasteiger partial charge in [-0.05, 0) is 51.5 Å². The van der Waals surface area contributed by atoms with Gasteiger partial charge in [-0.2, -0.15) is 0 Å². The van der Waals surface area contributed by atoms with Gasteiger partial charge >= 0.3 is 0 Å². The van der Waals surface area contributed by atoms with Crippen LogP contribution < -0.4 is 0 Å². The lowest BCUT2D eigenvalue weighted by molar-refractivity contribution is 1.10. The minimum atomic E-state index is 0.351. The van der Waals surface area contributed by atoms with Gasteiger partial charge in [0.25, 0.3) is 0 Å². The van der Waals surface area contributed by atoms with Crippen molar-refractivity contribution in [2.75, 3.05) is 0 Å². The fraction of sp³-hybridized carbons (Fsp3) is 0.273. The Labute approximate surface area is 115 Å². The molecule has 1 unspecified atom stereocenters. The van der Waals surface area contributed by atoms with Gasteiger partial charge in [0.15, 0.2) is 0 Å². The Morgan fingerprint density at radius 3 is 2.73 bits per heavy atom. The molecule has 0 nitrogen and oxygen atoms in total. The Bertz CT molecular complexity index is 445. The summed E-state index contributed by atoms with van der Waals surface area (Å²) in [4.78, 5) is 3.15. The highest BCUT2D eigenvalue weighted by Crippen LogP contribution is 2.40. The van der Waals surface area contributed by atoms with E-state index in [0.717, 1.165) is 6.42 Å². The van der Waals surface area contributed by atoms with E-state index in [4.69, 9.17) is 0 Å². The summed E-state index contributed by atoms with van der Waals surface area (Å²) >= 11 is 10.9. The molecule has 80 valence electrons. The van der Waals surface area contributed by atoms with E-state index in [1.54, 1.807) is 11.3 Å². The number of alkyl halides is 1. The fourth-order valence-electron chi connectivity index (χ4n) is 1.46. The maximum absolute atomic E-state index is 3.78. The van der Waals surface area contributed by atoms with Crippen molar-refractivity contribution in [2.45, 2.75) is 18.2 Å². The van der Waals surface area contributed by atoms with Crippen molar-refractivity contribution in [3.63, 3.8) is 0 Å². The molecule has 0 radical (unpaired) electrons. The molecule has 1 atom stereocenters. The highest BCUT2D eigenvalue weighted by Gasteiger charge is 2.16. The molecule has 2 heterocycles. The van der Waals surface area contributed by atoms with Gasteiger partial charge in [-0.25, -0.2) is 0 Å². The van der Waals surface area contributed by atoms with Gasteiger partial charge in [0.2, 0.25) is 0 Å². The number of halogens is 2. The summed E-state index contributed by atoms with van der Waals surface area (Å²) < 4.78 is 1.19. The molecular formula is C11H10Br2S2. The van der Waals surface area contributed by atoms with Gasteiger partial charge in [0.1, 0.15) is 0 Å². The van der Waals surface area contributed by atoms with Gasteiger partial charge in [0.05, 0.1) is 8.61 Å². The van der Waals surface area contributed by atoms with E-state index in [-0.39, 0.29) is 0 Å². The van der Waals surface area contributed by atoms with Crippen molar-refractivity contribution < 1.29 is 0 Å². The number of aryl methyl sites for hydroxylation is 1. The lowest BCUT2D eigenvalue weighted by Gasteiger charge is -2.07. The fourth-order valence-corrected chi connectivity index (χ4v) is 4.98. The predicted octanol–water partition coefficient (Wildman–Crippen LogP) is 5.62. The maximum atomic E-state index is 3.78. The Morgan fingerprint density at radius 2 is 2.13 bits per heavy atom. The molecule has 2 aromatic rings. The second-order valence-corrected chi connectivity index (χ2v) is 7.53. The minimum absolute atomic E-state index is 0.351. The normalized spacial score (nSPS) is 13.0. The van der Waals surface area contributed by atoms with Crippen LogP contribution >= 0.6 is 54.5 Å². The molecule has 0 N–H and O–H groups in total. The SMILES string of the molecule is CCc1ccsc1C(Br)c1ccc(Br)s1. The molecule has 0 bridgehead atoms. The van der Waals surface area contributed by atoms with E-state index in [1.807, 2.05) is 11.3 Å². The summed E-state index contributed by atoms with van der Waals surface area (Å²) in [5.74, 6) is 0. The highest BCUT2D eigenvalue weighted by atomic mass is 79.9. The largest absolute Gasteiger partial charge is 0.147 e. The first kappa shape index (κ1) is 11.8. The number of hydrogen-bond donors (Lipinski definition) is 0. The molecule has 0 spiro atoms. The predicted molar refractivity (Wildman–Crippen MR) is 76.5 cm³/mol. The average molecular weight is 366 g/mol. The Hall–Kier alpha value is 0.360. The molecule has 4 heteroatoms. The molecule has 0 fully saturated rings. The van der Waals surface area contributed by atoms with Crippen LogP contribution in [-0.2, 0) is 6.42 Å². The zero-order chi connectivity index (χ0) is 10.8. The van der Waals surface area contributed by atoms with E-state index < -0.39 is 0 Å². The number of rotatable bonds is 3. The van der Waals surface area contributed by atoms with E-state index >= 15 is 0 Å². The quantitative estimate of drug-likeness (QED) is 0.619. The molecule has 0 aromatic carbocycles. The Morgan fingerprint density at radius 1 is 1.33 bits per heavy atom. The zero-order valence-electron chi connectivity index (χ0n) is 8.17. The van der Waals surface area contributed by atoms with E-state index in [9.17, 15) is 0 Å². The van der Waals surface area contributed by atoms with Crippen LogP contribution in [0.25, 0.3) is 0 Å². The van der Waals surface area contributed by atoms with E-state index in [2.05, 4.69) is 62.4 Å². The third-order valence-electron chi connectivity index (χ3n) is 2.24. The first-order valence-electron chi connectivity index (χ1n) is 4.68. The van der Waals surface area contributed by atoms with Crippen molar-refractivity contribution in [1.29, 1.82) is 0 Å². The standard InChI is InChI=1S/C11H10Br2S2/c1-2-7-5-6-14-11(7)10(13)8-3-4-9(12)15-8/h3-6,10H,2H2,1H3. The second-order valence-electron chi connectivity index (χ2n) is 3.17. The maximum Gasteiger partial charge on any atom is 0.0834 e. The van der Waals surface area contributed by atoms with Crippen LogP contribution in [0.3, 0.4) is 0 Å². The van der Waals surface area contributed by atoms with Crippen LogP contribution in [0.1, 0.15) is 27.1 Å². The summed E-state index contributed by atoms with van der Waals surface area (Å²) in [7, 11) is 0. The zero-order valence-corrected chi connectivity index (χ0v) is 13.0. The van der Waals surface area contributed by atoms with Gasteiger partial charge in [-0.15, -0.1) is 22.7 Å². The van der Waals surface area contributed by atoms with Crippen LogP contribution in [0.15, 0.2) is 27.4 Å². The topological polar surface area (TPSA) is 0 Å². The first-order chi connectivity index (χ1) is 7.22. The van der Waals surface area contributed by atoms with Gasteiger partial charge in [0, 0.05) is 9.75 Å². The number of thiophene rings is 2. The van der Waals surface area contributed by atoms with Crippen molar-refractivity contribution in [3.05, 3.63) is 42.7 Å². The average Bonchev–Trinajstić information content (AvgIpc) is 2.84. The Balaban J connectivity index is 2.31. The summed E-state index contributed by atoms with van der Waals surface area (Å²) in [5, 5.41) is 2.17. The summed E-state index contributed by atoms with van der Waals surface area (Å²) in [6.45, 7) is 2.20. The smallest absolute Gasteiger partial charge is 0.0834 e. The van der Waals surface area contributed by atoms with Crippen molar-refractivity contribution in [3.8, 4) is 0 Å². The van der Waals surface area contributed by atoms with Crippen molar-refractivity contribution >= 4 is 54.5 Å². The van der Waals surface area contributed by atoms with Crippen LogP contribution in [0.2, 0.25) is 0 Å². The van der Waals surface area contributed by atoms with Gasteiger partial charge < -0.3 is 0 Å². The molecule has 2 rings (SSSR count). The Kier molecular flexibility index (Phi) is 4.04. The molecule has 0 aliphatic rings. The molecule has 0 aliphatic heterocycles. The van der Waals surface area contributed by atoms with Crippen LogP contribution in [0.4, 0.5) is 0 Å².